The zero-order valence-corrected chi connectivity index (χ0v) is 19.1. The van der Waals surface area contributed by atoms with E-state index < -0.39 is 32.1 Å². The summed E-state index contributed by atoms with van der Waals surface area (Å²) < 4.78 is 42.4. The molecule has 0 aliphatic carbocycles. The maximum Gasteiger partial charge on any atom is 0.257 e. The van der Waals surface area contributed by atoms with Crippen LogP contribution in [0.1, 0.15) is 21.6 Å². The zero-order valence-electron chi connectivity index (χ0n) is 17.5. The van der Waals surface area contributed by atoms with Gasteiger partial charge in [-0.15, -0.1) is 0 Å². The van der Waals surface area contributed by atoms with Crippen molar-refractivity contribution < 1.29 is 17.6 Å². The van der Waals surface area contributed by atoms with Crippen LogP contribution < -0.4 is 15.5 Å². The molecule has 3 N–H and O–H groups in total. The molecule has 2 heterocycles. The summed E-state index contributed by atoms with van der Waals surface area (Å²) in [6, 6.07) is 13.6. The molecule has 0 bridgehead atoms. The number of fused-ring (bicyclic) bond motifs is 1. The second-order valence-electron chi connectivity index (χ2n) is 7.31. The molecule has 8 nitrogen and oxygen atoms in total. The van der Waals surface area contributed by atoms with Crippen LogP contribution in [0.5, 0.6) is 0 Å². The number of halogens is 2. The third-order valence-corrected chi connectivity index (χ3v) is 6.64. The minimum absolute atomic E-state index is 0.119. The average molecular weight is 501 g/mol. The molecule has 11 heteroatoms. The highest BCUT2D eigenvalue weighted by Crippen LogP contribution is 2.20. The van der Waals surface area contributed by atoms with Crippen molar-refractivity contribution in [3.8, 4) is 0 Å². The molecule has 0 unspecified atom stereocenters. The minimum atomic E-state index is -4.17. The van der Waals surface area contributed by atoms with Crippen molar-refractivity contribution in [1.29, 1.82) is 0 Å². The smallest absolute Gasteiger partial charge is 0.257 e. The largest absolute Gasteiger partial charge is 0.358 e. The molecular formula is C23H18ClFN4O4S. The molecule has 0 aliphatic rings. The van der Waals surface area contributed by atoms with Gasteiger partial charge in [-0.05, 0) is 42.0 Å². The van der Waals surface area contributed by atoms with Gasteiger partial charge in [0.2, 0.25) is 15.5 Å². The first-order valence-electron chi connectivity index (χ1n) is 10.0. The highest BCUT2D eigenvalue weighted by Gasteiger charge is 2.21. The lowest BCUT2D eigenvalue weighted by Gasteiger charge is -2.10. The number of H-pyrrole nitrogens is 1. The highest BCUT2D eigenvalue weighted by molar-refractivity contribution is 7.89. The van der Waals surface area contributed by atoms with E-state index in [2.05, 4.69) is 20.0 Å². The van der Waals surface area contributed by atoms with Crippen LogP contribution in [0.4, 0.5) is 4.39 Å². The number of pyridine rings is 2. The van der Waals surface area contributed by atoms with Crippen LogP contribution in [0.3, 0.4) is 0 Å². The minimum Gasteiger partial charge on any atom is -0.358 e. The third-order valence-electron chi connectivity index (χ3n) is 5.00. The Balaban J connectivity index is 1.61. The fourth-order valence-electron chi connectivity index (χ4n) is 3.22. The fourth-order valence-corrected chi connectivity index (χ4v) is 4.38. The normalized spacial score (nSPS) is 11.5. The summed E-state index contributed by atoms with van der Waals surface area (Å²) in [5.74, 6) is -1.64. The number of hydrogen-bond donors (Lipinski definition) is 3. The van der Waals surface area contributed by atoms with Gasteiger partial charge in [0.1, 0.15) is 11.4 Å². The zero-order chi connectivity index (χ0) is 24.3. The van der Waals surface area contributed by atoms with Crippen LogP contribution in [0.25, 0.3) is 10.9 Å². The lowest BCUT2D eigenvalue weighted by Crippen LogP contribution is -2.29. The molecule has 0 spiro atoms. The number of nitrogens with zero attached hydrogens (tertiary/aromatic N) is 1. The van der Waals surface area contributed by atoms with E-state index in [-0.39, 0.29) is 29.6 Å². The molecule has 174 valence electrons. The van der Waals surface area contributed by atoms with Crippen LogP contribution >= 0.6 is 11.6 Å². The topological polar surface area (TPSA) is 121 Å². The van der Waals surface area contributed by atoms with Crippen LogP contribution in [0.2, 0.25) is 5.02 Å². The molecule has 2 aromatic carbocycles. The molecule has 4 rings (SSSR count). The van der Waals surface area contributed by atoms with E-state index in [1.54, 1.807) is 42.5 Å². The van der Waals surface area contributed by atoms with Gasteiger partial charge in [0.25, 0.3) is 5.91 Å². The fraction of sp³-hybridized carbons (Fsp3) is 0.0870. The van der Waals surface area contributed by atoms with Crippen LogP contribution in [-0.4, -0.2) is 24.3 Å². The first kappa shape index (κ1) is 23.6. The van der Waals surface area contributed by atoms with Gasteiger partial charge < -0.3 is 10.3 Å². The average Bonchev–Trinajstić information content (AvgIpc) is 2.83. The van der Waals surface area contributed by atoms with Crippen molar-refractivity contribution in [2.24, 2.45) is 0 Å². The molecule has 0 fully saturated rings. The summed E-state index contributed by atoms with van der Waals surface area (Å²) in [6.07, 6.45) is 2.61. The number of aromatic amines is 1. The van der Waals surface area contributed by atoms with Gasteiger partial charge in [-0.1, -0.05) is 29.8 Å². The number of benzene rings is 2. The third kappa shape index (κ3) is 5.14. The molecule has 0 saturated carbocycles. The first-order valence-corrected chi connectivity index (χ1v) is 11.9. The summed E-state index contributed by atoms with van der Waals surface area (Å²) >= 11 is 5.84. The van der Waals surface area contributed by atoms with Gasteiger partial charge in [-0.3, -0.25) is 14.6 Å². The Kier molecular flexibility index (Phi) is 6.73. The number of hydrogen-bond acceptors (Lipinski definition) is 5. The number of aromatic nitrogens is 2. The van der Waals surface area contributed by atoms with E-state index in [9.17, 15) is 22.4 Å². The Bertz CT molecular complexity index is 1520. The number of carbonyl (C=O) groups excluding carboxylic acids is 1. The summed E-state index contributed by atoms with van der Waals surface area (Å²) in [5.41, 5.74) is -0.0685. The number of amides is 1. The van der Waals surface area contributed by atoms with Crippen molar-refractivity contribution in [3.63, 3.8) is 0 Å². The Morgan fingerprint density at radius 1 is 1.09 bits per heavy atom. The van der Waals surface area contributed by atoms with E-state index in [1.807, 2.05) is 0 Å². The molecule has 0 atom stereocenters. The highest BCUT2D eigenvalue weighted by atomic mass is 35.5. The van der Waals surface area contributed by atoms with Gasteiger partial charge in [-0.2, -0.15) is 0 Å². The van der Waals surface area contributed by atoms with Gasteiger partial charge in [0.15, 0.2) is 0 Å². The van der Waals surface area contributed by atoms with Crippen molar-refractivity contribution in [2.75, 3.05) is 0 Å². The van der Waals surface area contributed by atoms with Crippen molar-refractivity contribution in [1.82, 2.24) is 20.0 Å². The Hall–Kier alpha value is -3.60. The van der Waals surface area contributed by atoms with E-state index in [0.717, 1.165) is 23.9 Å². The van der Waals surface area contributed by atoms with Crippen LogP contribution in [0, 0.1) is 5.82 Å². The van der Waals surface area contributed by atoms with E-state index >= 15 is 0 Å². The maximum absolute atomic E-state index is 14.7. The Morgan fingerprint density at radius 3 is 2.56 bits per heavy atom. The van der Waals surface area contributed by atoms with Crippen molar-refractivity contribution >= 4 is 38.4 Å². The molecule has 34 heavy (non-hydrogen) atoms. The second-order valence-corrected chi connectivity index (χ2v) is 9.52. The van der Waals surface area contributed by atoms with E-state index in [0.29, 0.717) is 10.7 Å². The number of carbonyl (C=O) groups is 1. The summed E-state index contributed by atoms with van der Waals surface area (Å²) in [4.78, 5) is 31.7. The molecule has 0 saturated heterocycles. The lowest BCUT2D eigenvalue weighted by molar-refractivity contribution is 0.0949. The van der Waals surface area contributed by atoms with Crippen LogP contribution in [0.15, 0.2) is 76.7 Å². The van der Waals surface area contributed by atoms with Crippen molar-refractivity contribution in [3.05, 3.63) is 105 Å². The predicted molar refractivity (Wildman–Crippen MR) is 125 cm³/mol. The quantitative estimate of drug-likeness (QED) is 0.360. The number of rotatable bonds is 7. The first-order chi connectivity index (χ1) is 16.2. The van der Waals surface area contributed by atoms with Gasteiger partial charge in [0, 0.05) is 24.0 Å². The standard InChI is InChI=1S/C23H18ClFN4O4S/c24-15-6-4-14(5-7-15)11-28-23(31)19-13-27-21-18(22(19)30)9-17(10-20(21)25)34(32,33)29-12-16-3-1-2-8-26-16/h1-10,13,29H,11-12H2,(H,27,30)(H,28,31). The molecule has 4 aromatic rings. The molecule has 0 aliphatic heterocycles. The molecular weight excluding hydrogens is 483 g/mol. The van der Waals surface area contributed by atoms with Gasteiger partial charge in [-0.25, -0.2) is 17.5 Å². The van der Waals surface area contributed by atoms with E-state index in [4.69, 9.17) is 11.6 Å². The summed E-state index contributed by atoms with van der Waals surface area (Å²) in [7, 11) is -4.17. The van der Waals surface area contributed by atoms with E-state index in [1.165, 1.54) is 6.20 Å². The maximum atomic E-state index is 14.7. The summed E-state index contributed by atoms with van der Waals surface area (Å²) in [6.45, 7) is 0.0139. The SMILES string of the molecule is O=C(NCc1ccc(Cl)cc1)c1c[nH]c2c(F)cc(S(=O)(=O)NCc3ccccn3)cc2c1=O. The van der Waals surface area contributed by atoms with Crippen molar-refractivity contribution in [2.45, 2.75) is 18.0 Å². The number of sulfonamides is 1. The van der Waals surface area contributed by atoms with Gasteiger partial charge in [0.05, 0.1) is 28.0 Å². The molecule has 2 aromatic heterocycles. The van der Waals surface area contributed by atoms with Crippen LogP contribution in [-0.2, 0) is 23.1 Å². The monoisotopic (exact) mass is 500 g/mol. The Morgan fingerprint density at radius 2 is 1.85 bits per heavy atom. The lowest BCUT2D eigenvalue weighted by atomic mass is 10.1. The molecule has 1 amide bonds. The number of nitrogens with one attached hydrogen (secondary N) is 3. The predicted octanol–water partition coefficient (Wildman–Crippen LogP) is 3.12. The summed E-state index contributed by atoms with van der Waals surface area (Å²) in [5, 5.41) is 2.88. The molecule has 0 radical (unpaired) electrons. The van der Waals surface area contributed by atoms with Gasteiger partial charge >= 0.3 is 0 Å². The Labute approximate surface area is 198 Å². The second kappa shape index (κ2) is 9.72.